The Morgan fingerprint density at radius 3 is 2.73 bits per heavy atom. The van der Waals surface area contributed by atoms with E-state index in [0.717, 1.165) is 17.7 Å². The topological polar surface area (TPSA) is 54.5 Å². The normalized spacial score (nSPS) is 14.6. The van der Waals surface area contributed by atoms with Crippen LogP contribution in [0.4, 0.5) is 16.2 Å². The van der Waals surface area contributed by atoms with E-state index in [1.807, 2.05) is 39.0 Å². The van der Waals surface area contributed by atoms with E-state index in [-0.39, 0.29) is 12.1 Å². The van der Waals surface area contributed by atoms with Crippen LogP contribution in [0.3, 0.4) is 0 Å². The lowest BCUT2D eigenvalue weighted by atomic mass is 9.87. The molecule has 0 bridgehead atoms. The lowest BCUT2D eigenvalue weighted by Crippen LogP contribution is -2.37. The molecule has 1 aromatic carbocycles. The van der Waals surface area contributed by atoms with E-state index in [4.69, 9.17) is 16.3 Å². The van der Waals surface area contributed by atoms with Gasteiger partial charge < -0.3 is 10.1 Å². The fourth-order valence-electron chi connectivity index (χ4n) is 3.96. The van der Waals surface area contributed by atoms with E-state index in [1.54, 1.807) is 23.4 Å². The summed E-state index contributed by atoms with van der Waals surface area (Å²) in [5, 5.41) is 3.57. The molecule has 2 amide bonds. The fourth-order valence-corrected chi connectivity index (χ4v) is 4.18. The summed E-state index contributed by atoms with van der Waals surface area (Å²) in [5.74, 6) is 1.33. The Morgan fingerprint density at radius 2 is 2.03 bits per heavy atom. The maximum atomic E-state index is 13.3. The van der Waals surface area contributed by atoms with Crippen molar-refractivity contribution in [2.75, 3.05) is 16.8 Å². The minimum atomic E-state index is -0.181. The number of urea groups is 1. The summed E-state index contributed by atoms with van der Waals surface area (Å²) >= 11 is 6.37. The average Bonchev–Trinajstić information content (AvgIpc) is 2.70. The van der Waals surface area contributed by atoms with Crippen LogP contribution in [0.5, 0.6) is 5.75 Å². The Morgan fingerprint density at radius 1 is 1.27 bits per heavy atom. The molecule has 1 aliphatic carbocycles. The molecular formula is C24H32ClN3O2. The van der Waals surface area contributed by atoms with Gasteiger partial charge in [-0.2, -0.15) is 0 Å². The molecule has 1 aromatic heterocycles. The number of pyridine rings is 1. The zero-order valence-electron chi connectivity index (χ0n) is 18.2. The van der Waals surface area contributed by atoms with E-state index in [9.17, 15) is 4.79 Å². The van der Waals surface area contributed by atoms with Gasteiger partial charge in [-0.25, -0.2) is 4.79 Å². The van der Waals surface area contributed by atoms with Gasteiger partial charge in [0.1, 0.15) is 5.75 Å². The van der Waals surface area contributed by atoms with Crippen LogP contribution >= 0.6 is 11.6 Å². The molecule has 0 saturated heterocycles. The summed E-state index contributed by atoms with van der Waals surface area (Å²) in [6.45, 7) is 6.54. The zero-order chi connectivity index (χ0) is 21.5. The first-order valence-electron chi connectivity index (χ1n) is 10.9. The standard InChI is InChI=1S/C24H32ClN3O2/c1-17(2)30-22-14-20(25)13-21(15-22)28(12-10-19-7-5-4-6-8-19)24(29)27-23-16-26-11-9-18(23)3/h9,11,13-17,19H,4-8,10,12H2,1-3H3,(H,27,29). The van der Waals surface area contributed by atoms with E-state index in [2.05, 4.69) is 10.3 Å². The number of carbonyl (C=O) groups excluding carboxylic acids is 1. The summed E-state index contributed by atoms with van der Waals surface area (Å²) in [7, 11) is 0. The number of anilines is 2. The van der Waals surface area contributed by atoms with Crippen LogP contribution in [0.1, 0.15) is 57.9 Å². The number of nitrogens with zero attached hydrogens (tertiary/aromatic N) is 2. The highest BCUT2D eigenvalue weighted by atomic mass is 35.5. The number of rotatable bonds is 7. The van der Waals surface area contributed by atoms with Gasteiger partial charge in [-0.05, 0) is 56.9 Å². The lowest BCUT2D eigenvalue weighted by molar-refractivity contribution is 0.242. The number of carbonyl (C=O) groups is 1. The third kappa shape index (κ3) is 6.36. The first-order valence-corrected chi connectivity index (χ1v) is 11.3. The highest BCUT2D eigenvalue weighted by Gasteiger charge is 2.21. The number of hydrogen-bond donors (Lipinski definition) is 1. The van der Waals surface area contributed by atoms with E-state index < -0.39 is 0 Å². The highest BCUT2D eigenvalue weighted by Crippen LogP contribution is 2.31. The van der Waals surface area contributed by atoms with Gasteiger partial charge in [0, 0.05) is 23.8 Å². The van der Waals surface area contributed by atoms with Crippen LogP contribution in [0.15, 0.2) is 36.7 Å². The Labute approximate surface area is 184 Å². The molecule has 1 N–H and O–H groups in total. The maximum Gasteiger partial charge on any atom is 0.326 e. The number of aryl methyl sites for hydroxylation is 1. The maximum absolute atomic E-state index is 13.3. The number of benzene rings is 1. The van der Waals surface area contributed by atoms with E-state index in [1.165, 1.54) is 32.1 Å². The predicted molar refractivity (Wildman–Crippen MR) is 124 cm³/mol. The second kappa shape index (κ2) is 10.7. The number of aromatic nitrogens is 1. The Bertz CT molecular complexity index is 850. The number of nitrogens with one attached hydrogen (secondary N) is 1. The van der Waals surface area contributed by atoms with Crippen molar-refractivity contribution in [3.05, 3.63) is 47.2 Å². The van der Waals surface area contributed by atoms with Gasteiger partial charge in [-0.3, -0.25) is 9.88 Å². The van der Waals surface area contributed by atoms with E-state index >= 15 is 0 Å². The first kappa shape index (κ1) is 22.4. The van der Waals surface area contributed by atoms with Crippen molar-refractivity contribution in [3.63, 3.8) is 0 Å². The summed E-state index contributed by atoms with van der Waals surface area (Å²) in [4.78, 5) is 19.2. The summed E-state index contributed by atoms with van der Waals surface area (Å²) in [6, 6.07) is 7.21. The van der Waals surface area contributed by atoms with Gasteiger partial charge in [-0.1, -0.05) is 43.7 Å². The minimum Gasteiger partial charge on any atom is -0.491 e. The molecule has 3 rings (SSSR count). The molecule has 0 aliphatic heterocycles. The van der Waals surface area contributed by atoms with Crippen LogP contribution in [0.25, 0.3) is 0 Å². The second-order valence-electron chi connectivity index (χ2n) is 8.38. The molecule has 0 unspecified atom stereocenters. The highest BCUT2D eigenvalue weighted by molar-refractivity contribution is 6.31. The summed E-state index contributed by atoms with van der Waals surface area (Å²) < 4.78 is 5.84. The molecular weight excluding hydrogens is 398 g/mol. The third-order valence-electron chi connectivity index (χ3n) is 5.55. The molecule has 0 spiro atoms. The molecule has 6 heteroatoms. The number of halogens is 1. The van der Waals surface area contributed by atoms with Crippen LogP contribution in [-0.4, -0.2) is 23.7 Å². The van der Waals surface area contributed by atoms with Crippen molar-refractivity contribution >= 4 is 29.0 Å². The average molecular weight is 430 g/mol. The van der Waals surface area contributed by atoms with Crippen molar-refractivity contribution in [2.24, 2.45) is 5.92 Å². The van der Waals surface area contributed by atoms with Gasteiger partial charge in [-0.15, -0.1) is 0 Å². The molecule has 2 aromatic rings. The van der Waals surface area contributed by atoms with Crippen molar-refractivity contribution < 1.29 is 9.53 Å². The van der Waals surface area contributed by atoms with Gasteiger partial charge in [0.15, 0.2) is 0 Å². The van der Waals surface area contributed by atoms with Crippen LogP contribution in [0, 0.1) is 12.8 Å². The molecule has 162 valence electrons. The molecule has 1 aliphatic rings. The number of amides is 2. The fraction of sp³-hybridized carbons (Fsp3) is 0.500. The van der Waals surface area contributed by atoms with Gasteiger partial charge in [0.2, 0.25) is 0 Å². The number of ether oxygens (including phenoxy) is 1. The molecule has 5 nitrogen and oxygen atoms in total. The SMILES string of the molecule is Cc1ccncc1NC(=O)N(CCC1CCCCC1)c1cc(Cl)cc(OC(C)C)c1. The summed E-state index contributed by atoms with van der Waals surface area (Å²) in [5.41, 5.74) is 2.43. The van der Waals surface area contributed by atoms with Crippen LogP contribution in [-0.2, 0) is 0 Å². The molecule has 1 heterocycles. The quantitative estimate of drug-likeness (QED) is 0.524. The van der Waals surface area contributed by atoms with Crippen molar-refractivity contribution in [3.8, 4) is 5.75 Å². The largest absolute Gasteiger partial charge is 0.491 e. The summed E-state index contributed by atoms with van der Waals surface area (Å²) in [6.07, 6.45) is 10.8. The minimum absolute atomic E-state index is 0.0267. The van der Waals surface area contributed by atoms with Crippen molar-refractivity contribution in [1.82, 2.24) is 4.98 Å². The number of hydrogen-bond acceptors (Lipinski definition) is 3. The Kier molecular flexibility index (Phi) is 7.97. The molecule has 0 radical (unpaired) electrons. The monoisotopic (exact) mass is 429 g/mol. The van der Waals surface area contributed by atoms with Gasteiger partial charge >= 0.3 is 6.03 Å². The van der Waals surface area contributed by atoms with Gasteiger partial charge in [0.25, 0.3) is 0 Å². The Hall–Kier alpha value is -2.27. The van der Waals surface area contributed by atoms with Crippen LogP contribution < -0.4 is 15.0 Å². The van der Waals surface area contributed by atoms with E-state index in [0.29, 0.717) is 28.9 Å². The Balaban J connectivity index is 1.83. The molecule has 30 heavy (non-hydrogen) atoms. The van der Waals surface area contributed by atoms with Crippen molar-refractivity contribution in [2.45, 2.75) is 65.4 Å². The predicted octanol–water partition coefficient (Wildman–Crippen LogP) is 6.84. The molecule has 1 saturated carbocycles. The third-order valence-corrected chi connectivity index (χ3v) is 5.77. The zero-order valence-corrected chi connectivity index (χ0v) is 18.9. The molecule has 1 fully saturated rings. The van der Waals surface area contributed by atoms with Crippen LogP contribution in [0.2, 0.25) is 5.02 Å². The smallest absolute Gasteiger partial charge is 0.326 e. The lowest BCUT2D eigenvalue weighted by Gasteiger charge is -2.28. The first-order chi connectivity index (χ1) is 14.4. The molecule has 0 atom stereocenters. The van der Waals surface area contributed by atoms with Crippen molar-refractivity contribution in [1.29, 1.82) is 0 Å². The van der Waals surface area contributed by atoms with Gasteiger partial charge in [0.05, 0.1) is 23.7 Å². The second-order valence-corrected chi connectivity index (χ2v) is 8.81.